The van der Waals surface area contributed by atoms with Gasteiger partial charge in [-0.05, 0) is 24.8 Å². The minimum atomic E-state index is -3.10. The van der Waals surface area contributed by atoms with Crippen molar-refractivity contribution in [2.75, 3.05) is 18.8 Å². The number of hydrogen-bond acceptors (Lipinski definition) is 3. The van der Waals surface area contributed by atoms with Gasteiger partial charge in [0.25, 0.3) is 0 Å². The lowest BCUT2D eigenvalue weighted by atomic mass is 9.96. The second-order valence-corrected chi connectivity index (χ2v) is 6.67. The first-order chi connectivity index (χ1) is 6.91. The first kappa shape index (κ1) is 12.9. The Balaban J connectivity index is 2.52. The van der Waals surface area contributed by atoms with E-state index in [9.17, 15) is 8.42 Å². The van der Waals surface area contributed by atoms with Crippen LogP contribution in [-0.4, -0.2) is 33.3 Å². The molecule has 5 heteroatoms. The monoisotopic (exact) mass is 234 g/mol. The van der Waals surface area contributed by atoms with Crippen LogP contribution in [0.2, 0.25) is 0 Å². The fraction of sp³-hybridized carbons (Fsp3) is 1.00. The van der Waals surface area contributed by atoms with E-state index in [0.717, 1.165) is 19.5 Å². The molecule has 0 amide bonds. The molecule has 90 valence electrons. The molecule has 1 heterocycles. The van der Waals surface area contributed by atoms with Crippen LogP contribution >= 0.6 is 0 Å². The normalized spacial score (nSPS) is 28.3. The standard InChI is InChI=1S/C10H22N2O2S/c1-8(2)7-15(13,14)12-10-6-11-5-4-9(10)3/h8-12H,4-7H2,1-3H3. The number of piperidine rings is 1. The lowest BCUT2D eigenvalue weighted by Gasteiger charge is -2.30. The van der Waals surface area contributed by atoms with Crippen molar-refractivity contribution in [2.24, 2.45) is 11.8 Å². The summed E-state index contributed by atoms with van der Waals surface area (Å²) in [6, 6.07) is 0.0579. The van der Waals surface area contributed by atoms with Crippen LogP contribution in [0.4, 0.5) is 0 Å². The molecule has 2 atom stereocenters. The molecule has 0 saturated carbocycles. The maximum atomic E-state index is 11.7. The van der Waals surface area contributed by atoms with Gasteiger partial charge in [-0.2, -0.15) is 0 Å². The van der Waals surface area contributed by atoms with Crippen LogP contribution in [-0.2, 0) is 10.0 Å². The van der Waals surface area contributed by atoms with Gasteiger partial charge in [-0.1, -0.05) is 20.8 Å². The van der Waals surface area contributed by atoms with Crippen molar-refractivity contribution in [3.63, 3.8) is 0 Å². The zero-order chi connectivity index (χ0) is 11.5. The van der Waals surface area contributed by atoms with E-state index in [-0.39, 0.29) is 17.7 Å². The van der Waals surface area contributed by atoms with Crippen molar-refractivity contribution >= 4 is 10.0 Å². The van der Waals surface area contributed by atoms with Crippen molar-refractivity contribution in [3.05, 3.63) is 0 Å². The fourth-order valence-electron chi connectivity index (χ4n) is 1.87. The van der Waals surface area contributed by atoms with E-state index < -0.39 is 10.0 Å². The average molecular weight is 234 g/mol. The molecular weight excluding hydrogens is 212 g/mol. The Morgan fingerprint density at radius 2 is 2.13 bits per heavy atom. The smallest absolute Gasteiger partial charge is 0.212 e. The zero-order valence-corrected chi connectivity index (χ0v) is 10.6. The van der Waals surface area contributed by atoms with Gasteiger partial charge in [0, 0.05) is 12.6 Å². The molecule has 2 N–H and O–H groups in total. The van der Waals surface area contributed by atoms with E-state index >= 15 is 0 Å². The van der Waals surface area contributed by atoms with Gasteiger partial charge in [-0.3, -0.25) is 0 Å². The third-order valence-corrected chi connectivity index (χ3v) is 4.48. The molecule has 0 aromatic rings. The van der Waals surface area contributed by atoms with Crippen molar-refractivity contribution in [1.82, 2.24) is 10.0 Å². The maximum absolute atomic E-state index is 11.7. The fourth-order valence-corrected chi connectivity index (χ4v) is 3.62. The number of rotatable bonds is 4. The molecule has 0 radical (unpaired) electrons. The summed E-state index contributed by atoms with van der Waals surface area (Å²) in [5.41, 5.74) is 0. The van der Waals surface area contributed by atoms with Crippen LogP contribution in [0.1, 0.15) is 27.2 Å². The molecule has 1 rings (SSSR count). The van der Waals surface area contributed by atoms with E-state index in [1.165, 1.54) is 0 Å². The Morgan fingerprint density at radius 1 is 1.47 bits per heavy atom. The van der Waals surface area contributed by atoms with Crippen LogP contribution in [0.5, 0.6) is 0 Å². The lowest BCUT2D eigenvalue weighted by Crippen LogP contribution is -2.50. The molecule has 4 nitrogen and oxygen atoms in total. The van der Waals surface area contributed by atoms with Gasteiger partial charge in [0.2, 0.25) is 10.0 Å². The van der Waals surface area contributed by atoms with Gasteiger partial charge in [-0.25, -0.2) is 13.1 Å². The summed E-state index contributed by atoms with van der Waals surface area (Å²) in [5.74, 6) is 0.818. The SMILES string of the molecule is CC(C)CS(=O)(=O)NC1CNCCC1C. The first-order valence-corrected chi connectivity index (χ1v) is 7.26. The van der Waals surface area contributed by atoms with Crippen molar-refractivity contribution in [1.29, 1.82) is 0 Å². The summed E-state index contributed by atoms with van der Waals surface area (Å²) in [6.07, 6.45) is 1.04. The van der Waals surface area contributed by atoms with Crippen LogP contribution < -0.4 is 10.0 Å². The lowest BCUT2D eigenvalue weighted by molar-refractivity contribution is 0.326. The first-order valence-electron chi connectivity index (χ1n) is 5.61. The largest absolute Gasteiger partial charge is 0.315 e. The Labute approximate surface area is 92.9 Å². The topological polar surface area (TPSA) is 58.2 Å². The minimum absolute atomic E-state index is 0.0579. The van der Waals surface area contributed by atoms with Crippen LogP contribution in [0.25, 0.3) is 0 Å². The number of sulfonamides is 1. The Kier molecular flexibility index (Phi) is 4.55. The Morgan fingerprint density at radius 3 is 2.67 bits per heavy atom. The molecule has 0 bridgehead atoms. The molecule has 0 aromatic carbocycles. The summed E-state index contributed by atoms with van der Waals surface area (Å²) in [5, 5.41) is 3.21. The predicted molar refractivity (Wildman–Crippen MR) is 62.2 cm³/mol. The predicted octanol–water partition coefficient (Wildman–Crippen LogP) is 0.560. The van der Waals surface area contributed by atoms with E-state index in [1.807, 2.05) is 13.8 Å². The summed E-state index contributed by atoms with van der Waals surface area (Å²) in [6.45, 7) is 7.68. The van der Waals surface area contributed by atoms with Crippen LogP contribution in [0, 0.1) is 11.8 Å². The van der Waals surface area contributed by atoms with E-state index in [1.54, 1.807) is 0 Å². The quantitative estimate of drug-likeness (QED) is 0.747. The number of nitrogens with one attached hydrogen (secondary N) is 2. The molecule has 0 aliphatic carbocycles. The van der Waals surface area contributed by atoms with Crippen LogP contribution in [0.15, 0.2) is 0 Å². The van der Waals surface area contributed by atoms with Gasteiger partial charge in [0.05, 0.1) is 5.75 Å². The van der Waals surface area contributed by atoms with Gasteiger partial charge in [-0.15, -0.1) is 0 Å². The average Bonchev–Trinajstić information content (AvgIpc) is 2.06. The summed E-state index contributed by atoms with van der Waals surface area (Å²) in [4.78, 5) is 0. The van der Waals surface area contributed by atoms with Gasteiger partial charge in [0.1, 0.15) is 0 Å². The van der Waals surface area contributed by atoms with Gasteiger partial charge < -0.3 is 5.32 Å². The van der Waals surface area contributed by atoms with Crippen molar-refractivity contribution in [2.45, 2.75) is 33.2 Å². The van der Waals surface area contributed by atoms with Gasteiger partial charge >= 0.3 is 0 Å². The van der Waals surface area contributed by atoms with Crippen molar-refractivity contribution in [3.8, 4) is 0 Å². The molecule has 0 aromatic heterocycles. The maximum Gasteiger partial charge on any atom is 0.212 e. The van der Waals surface area contributed by atoms with E-state index in [0.29, 0.717) is 5.92 Å². The molecule has 15 heavy (non-hydrogen) atoms. The summed E-state index contributed by atoms with van der Waals surface area (Å²) < 4.78 is 26.2. The zero-order valence-electron chi connectivity index (χ0n) is 9.79. The summed E-state index contributed by atoms with van der Waals surface area (Å²) in [7, 11) is -3.10. The molecule has 1 aliphatic rings. The minimum Gasteiger partial charge on any atom is -0.315 e. The van der Waals surface area contributed by atoms with Gasteiger partial charge in [0.15, 0.2) is 0 Å². The molecule has 1 saturated heterocycles. The Bertz CT molecular complexity index is 288. The highest BCUT2D eigenvalue weighted by Crippen LogP contribution is 2.12. The second-order valence-electron chi connectivity index (χ2n) is 4.87. The third-order valence-electron chi connectivity index (χ3n) is 2.71. The summed E-state index contributed by atoms with van der Waals surface area (Å²) >= 11 is 0. The third kappa shape index (κ3) is 4.49. The van der Waals surface area contributed by atoms with Crippen LogP contribution in [0.3, 0.4) is 0 Å². The molecule has 1 aliphatic heterocycles. The number of hydrogen-bond donors (Lipinski definition) is 2. The highest BCUT2D eigenvalue weighted by Gasteiger charge is 2.25. The molecule has 2 unspecified atom stereocenters. The molecular formula is C10H22N2O2S. The van der Waals surface area contributed by atoms with E-state index in [4.69, 9.17) is 0 Å². The highest BCUT2D eigenvalue weighted by atomic mass is 32.2. The van der Waals surface area contributed by atoms with Crippen molar-refractivity contribution < 1.29 is 8.42 Å². The van der Waals surface area contributed by atoms with E-state index in [2.05, 4.69) is 17.0 Å². The Hall–Kier alpha value is -0.130. The molecule has 0 spiro atoms. The highest BCUT2D eigenvalue weighted by molar-refractivity contribution is 7.89. The second kappa shape index (κ2) is 5.27. The molecule has 1 fully saturated rings.